The summed E-state index contributed by atoms with van der Waals surface area (Å²) in [7, 11) is 0. The lowest BCUT2D eigenvalue weighted by Crippen LogP contribution is -2.05. The standard InChI is InChI=1S/C20H17N3O/c1-13(14-7-3-2-4-8-14)19-17(20(24)23-22-19)11-15-12-21-18-10-6-5-9-16(15)18/h2-13H,1H3,(H2,22,23,24)/b15-11-. The quantitative estimate of drug-likeness (QED) is 0.750. The van der Waals surface area contributed by atoms with Gasteiger partial charge in [0.25, 0.3) is 5.56 Å². The van der Waals surface area contributed by atoms with Gasteiger partial charge in [-0.25, -0.2) is 0 Å². The number of aromatic amines is 2. The maximum absolute atomic E-state index is 12.3. The van der Waals surface area contributed by atoms with Crippen molar-refractivity contribution in [3.05, 3.63) is 87.3 Å². The van der Waals surface area contributed by atoms with Crippen LogP contribution in [0.15, 0.2) is 64.4 Å². The first-order chi connectivity index (χ1) is 11.7. The van der Waals surface area contributed by atoms with E-state index in [9.17, 15) is 4.79 Å². The van der Waals surface area contributed by atoms with E-state index >= 15 is 0 Å². The highest BCUT2D eigenvalue weighted by Crippen LogP contribution is 2.33. The number of H-pyrrole nitrogens is 2. The van der Waals surface area contributed by atoms with Gasteiger partial charge in [-0.05, 0) is 17.7 Å². The molecule has 2 heterocycles. The van der Waals surface area contributed by atoms with E-state index in [0.717, 1.165) is 28.1 Å². The number of hydrogen-bond donors (Lipinski definition) is 2. The molecule has 0 bridgehead atoms. The summed E-state index contributed by atoms with van der Waals surface area (Å²) >= 11 is 0. The van der Waals surface area contributed by atoms with Crippen molar-refractivity contribution in [3.63, 3.8) is 0 Å². The van der Waals surface area contributed by atoms with Crippen LogP contribution in [-0.2, 0) is 0 Å². The molecule has 1 aliphatic heterocycles. The number of rotatable bonds is 3. The minimum absolute atomic E-state index is 0.0885. The molecule has 2 N–H and O–H groups in total. The molecule has 0 radical (unpaired) electrons. The van der Waals surface area contributed by atoms with Crippen LogP contribution in [0.1, 0.15) is 35.2 Å². The van der Waals surface area contributed by atoms with Gasteiger partial charge in [-0.1, -0.05) is 55.5 Å². The molecule has 1 atom stereocenters. The van der Waals surface area contributed by atoms with Gasteiger partial charge in [0.05, 0.1) is 16.9 Å². The molecule has 0 amide bonds. The fourth-order valence-electron chi connectivity index (χ4n) is 3.08. The van der Waals surface area contributed by atoms with Gasteiger partial charge >= 0.3 is 0 Å². The summed E-state index contributed by atoms with van der Waals surface area (Å²) in [6, 6.07) is 18.1. The third-order valence-electron chi connectivity index (χ3n) is 4.44. The van der Waals surface area contributed by atoms with Crippen LogP contribution in [0.3, 0.4) is 0 Å². The van der Waals surface area contributed by atoms with E-state index < -0.39 is 0 Å². The molecule has 0 aliphatic carbocycles. The second-order valence-corrected chi connectivity index (χ2v) is 5.91. The van der Waals surface area contributed by atoms with E-state index in [0.29, 0.717) is 5.56 Å². The molecule has 1 aliphatic rings. The zero-order valence-electron chi connectivity index (χ0n) is 13.3. The highest BCUT2D eigenvalue weighted by molar-refractivity contribution is 6.21. The highest BCUT2D eigenvalue weighted by atomic mass is 16.1. The van der Waals surface area contributed by atoms with Crippen LogP contribution in [0, 0.1) is 0 Å². The van der Waals surface area contributed by atoms with Gasteiger partial charge in [-0.3, -0.25) is 14.9 Å². The van der Waals surface area contributed by atoms with E-state index in [1.807, 2.05) is 54.8 Å². The fraction of sp³-hybridized carbons (Fsp3) is 0.100. The van der Waals surface area contributed by atoms with Gasteiger partial charge in [0, 0.05) is 23.3 Å². The van der Waals surface area contributed by atoms with Crippen molar-refractivity contribution in [3.8, 4) is 0 Å². The Bertz CT molecular complexity index is 993. The number of benzene rings is 2. The highest BCUT2D eigenvalue weighted by Gasteiger charge is 2.18. The number of fused-ring (bicyclic) bond motifs is 1. The predicted octanol–water partition coefficient (Wildman–Crippen LogP) is 4.11. The average Bonchev–Trinajstić information content (AvgIpc) is 3.20. The summed E-state index contributed by atoms with van der Waals surface area (Å²) in [6.07, 6.45) is 3.73. The van der Waals surface area contributed by atoms with E-state index in [1.54, 1.807) is 0 Å². The SMILES string of the molecule is CC(c1ccccc1)c1[nH][nH]c(=O)c1/C=C1/C=Nc2ccccc21. The number of allylic oxidation sites excluding steroid dienone is 1. The smallest absolute Gasteiger partial charge is 0.271 e. The first-order valence-electron chi connectivity index (χ1n) is 7.94. The van der Waals surface area contributed by atoms with Crippen LogP contribution >= 0.6 is 0 Å². The number of nitrogens with zero attached hydrogens (tertiary/aromatic N) is 1. The third kappa shape index (κ3) is 2.42. The summed E-state index contributed by atoms with van der Waals surface area (Å²) in [6.45, 7) is 2.09. The molecular weight excluding hydrogens is 298 g/mol. The average molecular weight is 315 g/mol. The summed E-state index contributed by atoms with van der Waals surface area (Å²) in [5.74, 6) is 0.0885. The van der Waals surface area contributed by atoms with Gasteiger partial charge < -0.3 is 5.10 Å². The van der Waals surface area contributed by atoms with Crippen molar-refractivity contribution < 1.29 is 0 Å². The van der Waals surface area contributed by atoms with Crippen LogP contribution < -0.4 is 5.56 Å². The number of aromatic nitrogens is 2. The molecule has 2 aromatic carbocycles. The van der Waals surface area contributed by atoms with Crippen molar-refractivity contribution in [1.82, 2.24) is 10.2 Å². The second-order valence-electron chi connectivity index (χ2n) is 5.91. The Hall–Kier alpha value is -3.14. The number of aliphatic imine (C=N–C) groups is 1. The van der Waals surface area contributed by atoms with Gasteiger partial charge in [-0.15, -0.1) is 0 Å². The lowest BCUT2D eigenvalue weighted by Gasteiger charge is -2.11. The van der Waals surface area contributed by atoms with Gasteiger partial charge in [0.15, 0.2) is 0 Å². The number of hydrogen-bond acceptors (Lipinski definition) is 2. The molecule has 0 saturated heterocycles. The van der Waals surface area contributed by atoms with Crippen molar-refractivity contribution >= 4 is 23.6 Å². The largest absolute Gasteiger partial charge is 0.301 e. The lowest BCUT2D eigenvalue weighted by atomic mass is 9.94. The van der Waals surface area contributed by atoms with E-state index in [2.05, 4.69) is 34.2 Å². The molecular formula is C20H17N3O. The summed E-state index contributed by atoms with van der Waals surface area (Å²) in [5.41, 5.74) is 5.54. The Kier molecular flexibility index (Phi) is 3.50. The summed E-state index contributed by atoms with van der Waals surface area (Å²) in [4.78, 5) is 16.7. The molecule has 1 unspecified atom stereocenters. The Morgan fingerprint density at radius 2 is 1.75 bits per heavy atom. The zero-order chi connectivity index (χ0) is 16.5. The first kappa shape index (κ1) is 14.5. The van der Waals surface area contributed by atoms with Crippen LogP contribution in [0.5, 0.6) is 0 Å². The molecule has 118 valence electrons. The van der Waals surface area contributed by atoms with Crippen molar-refractivity contribution in [1.29, 1.82) is 0 Å². The summed E-state index contributed by atoms with van der Waals surface area (Å²) < 4.78 is 0. The maximum Gasteiger partial charge on any atom is 0.271 e. The molecule has 24 heavy (non-hydrogen) atoms. The first-order valence-corrected chi connectivity index (χ1v) is 7.94. The monoisotopic (exact) mass is 315 g/mol. The van der Waals surface area contributed by atoms with Crippen molar-refractivity contribution in [2.45, 2.75) is 12.8 Å². The summed E-state index contributed by atoms with van der Waals surface area (Å²) in [5, 5.41) is 5.76. The van der Waals surface area contributed by atoms with Crippen LogP contribution in [0.4, 0.5) is 5.69 Å². The second kappa shape index (κ2) is 5.81. The molecule has 3 aromatic rings. The minimum Gasteiger partial charge on any atom is -0.301 e. The molecule has 0 spiro atoms. The van der Waals surface area contributed by atoms with Gasteiger partial charge in [0.2, 0.25) is 0 Å². The topological polar surface area (TPSA) is 61.0 Å². The van der Waals surface area contributed by atoms with E-state index in [4.69, 9.17) is 0 Å². The Balaban J connectivity index is 1.79. The maximum atomic E-state index is 12.3. The van der Waals surface area contributed by atoms with Gasteiger partial charge in [-0.2, -0.15) is 0 Å². The van der Waals surface area contributed by atoms with Crippen molar-refractivity contribution in [2.24, 2.45) is 4.99 Å². The normalized spacial score (nSPS) is 15.6. The number of para-hydroxylation sites is 1. The van der Waals surface area contributed by atoms with Crippen LogP contribution in [0.25, 0.3) is 11.6 Å². The van der Waals surface area contributed by atoms with E-state index in [1.165, 1.54) is 0 Å². The Morgan fingerprint density at radius 1 is 1.00 bits per heavy atom. The minimum atomic E-state index is -0.113. The van der Waals surface area contributed by atoms with Crippen LogP contribution in [-0.4, -0.2) is 16.4 Å². The molecule has 1 aromatic heterocycles. The molecule has 4 nitrogen and oxygen atoms in total. The van der Waals surface area contributed by atoms with Crippen LogP contribution in [0.2, 0.25) is 0 Å². The zero-order valence-corrected chi connectivity index (χ0v) is 13.3. The molecule has 0 fully saturated rings. The van der Waals surface area contributed by atoms with Crippen molar-refractivity contribution in [2.75, 3.05) is 0 Å². The Labute approximate surface area is 139 Å². The predicted molar refractivity (Wildman–Crippen MR) is 97.8 cm³/mol. The molecule has 4 rings (SSSR count). The molecule has 4 heteroatoms. The van der Waals surface area contributed by atoms with E-state index in [-0.39, 0.29) is 11.5 Å². The third-order valence-corrected chi connectivity index (χ3v) is 4.44. The lowest BCUT2D eigenvalue weighted by molar-refractivity contribution is 0.850. The number of nitrogens with one attached hydrogen (secondary N) is 2. The fourth-order valence-corrected chi connectivity index (χ4v) is 3.08. The Morgan fingerprint density at radius 3 is 2.58 bits per heavy atom. The van der Waals surface area contributed by atoms with Gasteiger partial charge in [0.1, 0.15) is 0 Å². The molecule has 0 saturated carbocycles.